The Labute approximate surface area is 239 Å². The molecule has 2 aliphatic heterocycles. The highest BCUT2D eigenvalue weighted by atomic mass is 35.5. The molecule has 0 amide bonds. The number of oxime groups is 1. The highest BCUT2D eigenvalue weighted by Gasteiger charge is 2.45. The van der Waals surface area contributed by atoms with Crippen molar-refractivity contribution in [2.75, 3.05) is 20.3 Å². The Bertz CT molecular complexity index is 1680. The van der Waals surface area contributed by atoms with Crippen molar-refractivity contribution in [3.05, 3.63) is 52.9 Å². The zero-order chi connectivity index (χ0) is 29.1. The van der Waals surface area contributed by atoms with Crippen molar-refractivity contribution in [1.29, 1.82) is 0 Å². The number of nitrogens with zero attached hydrogens (tertiary/aromatic N) is 4. The first-order valence-corrected chi connectivity index (χ1v) is 13.6. The van der Waals surface area contributed by atoms with Crippen LogP contribution in [0.1, 0.15) is 50.9 Å². The number of pyridine rings is 1. The third-order valence-electron chi connectivity index (χ3n) is 8.28. The third kappa shape index (κ3) is 4.64. The van der Waals surface area contributed by atoms with E-state index in [1.807, 2.05) is 32.9 Å². The number of aromatic nitrogens is 3. The van der Waals surface area contributed by atoms with Gasteiger partial charge in [-0.3, -0.25) is 9.55 Å². The molecule has 41 heavy (non-hydrogen) atoms. The molecule has 8 nitrogen and oxygen atoms in total. The first kappa shape index (κ1) is 27.6. The third-order valence-corrected chi connectivity index (χ3v) is 8.51. The van der Waals surface area contributed by atoms with Gasteiger partial charge in [0.05, 0.1) is 41.2 Å². The predicted octanol–water partition coefficient (Wildman–Crippen LogP) is 7.08. The summed E-state index contributed by atoms with van der Waals surface area (Å²) >= 11 is 6.13. The van der Waals surface area contributed by atoms with Gasteiger partial charge in [0, 0.05) is 41.2 Å². The quantitative estimate of drug-likeness (QED) is 0.248. The van der Waals surface area contributed by atoms with E-state index in [-0.39, 0.29) is 22.7 Å². The number of hydrogen-bond acceptors (Lipinski definition) is 7. The lowest BCUT2D eigenvalue weighted by Gasteiger charge is -2.29. The van der Waals surface area contributed by atoms with Crippen LogP contribution in [0, 0.1) is 0 Å². The fourth-order valence-corrected chi connectivity index (χ4v) is 5.96. The molecule has 0 bridgehead atoms. The molecular formula is C29H28ClF3N4O4. The molecule has 1 fully saturated rings. The fourth-order valence-electron chi connectivity index (χ4n) is 5.79. The van der Waals surface area contributed by atoms with Crippen molar-refractivity contribution in [2.45, 2.75) is 57.4 Å². The molecule has 2 aromatic heterocycles. The van der Waals surface area contributed by atoms with Gasteiger partial charge in [-0.05, 0) is 57.9 Å². The van der Waals surface area contributed by atoms with Crippen LogP contribution in [0.25, 0.3) is 27.6 Å². The van der Waals surface area contributed by atoms with Crippen LogP contribution in [0.4, 0.5) is 13.2 Å². The van der Waals surface area contributed by atoms with Crippen LogP contribution in [0.15, 0.2) is 41.7 Å². The first-order chi connectivity index (χ1) is 19.5. The van der Waals surface area contributed by atoms with Crippen molar-refractivity contribution >= 4 is 39.2 Å². The molecule has 216 valence electrons. The lowest BCUT2D eigenvalue weighted by molar-refractivity contribution is -0.274. The van der Waals surface area contributed by atoms with Crippen LogP contribution in [-0.2, 0) is 15.0 Å². The number of halogens is 4. The average molecular weight is 589 g/mol. The molecule has 0 N–H and O–H groups in total. The fraction of sp³-hybridized carbons (Fsp3) is 0.414. The summed E-state index contributed by atoms with van der Waals surface area (Å²) in [5.74, 6) is 0.686. The number of ether oxygens (including phenoxy) is 3. The number of hydrogen-bond donors (Lipinski definition) is 0. The van der Waals surface area contributed by atoms with Crippen molar-refractivity contribution in [1.82, 2.24) is 14.5 Å². The Morgan fingerprint density at radius 3 is 2.51 bits per heavy atom. The van der Waals surface area contributed by atoms with E-state index in [4.69, 9.17) is 35.9 Å². The predicted molar refractivity (Wildman–Crippen MR) is 148 cm³/mol. The van der Waals surface area contributed by atoms with Crippen LogP contribution in [0.5, 0.6) is 11.5 Å². The van der Waals surface area contributed by atoms with E-state index in [9.17, 15) is 13.2 Å². The molecule has 6 rings (SSSR count). The van der Waals surface area contributed by atoms with Crippen molar-refractivity contribution in [2.24, 2.45) is 5.16 Å². The van der Waals surface area contributed by atoms with E-state index >= 15 is 0 Å². The second-order valence-electron chi connectivity index (χ2n) is 10.5. The van der Waals surface area contributed by atoms with E-state index in [0.717, 1.165) is 17.3 Å². The smallest absolute Gasteiger partial charge is 0.496 e. The lowest BCUT2D eigenvalue weighted by Crippen LogP contribution is -2.37. The summed E-state index contributed by atoms with van der Waals surface area (Å²) in [5.41, 5.74) is 2.96. The summed E-state index contributed by atoms with van der Waals surface area (Å²) in [4.78, 5) is 15.2. The average Bonchev–Trinajstić information content (AvgIpc) is 3.45. The molecule has 1 saturated heterocycles. The summed E-state index contributed by atoms with van der Waals surface area (Å²) in [5, 5.41) is 4.98. The summed E-state index contributed by atoms with van der Waals surface area (Å²) in [6.45, 7) is 6.93. The molecule has 2 atom stereocenters. The van der Waals surface area contributed by atoms with Crippen molar-refractivity contribution in [3.63, 3.8) is 0 Å². The number of methoxy groups -OCH3 is 1. The lowest BCUT2D eigenvalue weighted by atomic mass is 9.74. The number of imidazole rings is 1. The summed E-state index contributed by atoms with van der Waals surface area (Å²) in [6.07, 6.45) is -2.20. The van der Waals surface area contributed by atoms with Crippen LogP contribution in [0.3, 0.4) is 0 Å². The van der Waals surface area contributed by atoms with Gasteiger partial charge in [-0.15, -0.1) is 13.2 Å². The minimum Gasteiger partial charge on any atom is -0.496 e. The van der Waals surface area contributed by atoms with Gasteiger partial charge >= 0.3 is 6.36 Å². The number of fused-ring (bicyclic) bond motifs is 3. The topological polar surface area (TPSA) is 80.0 Å². The molecule has 0 spiro atoms. The standard InChI is InChI=1S/C29H28ClF3N4O4/c1-15-28(3,16(2)41-36-15)20-13-21-19(12-24(20)38-4)26-22(14-34-21)35-27(17-7-9-39-10-8-17)37(26)23-6-5-18(30)11-25(23)40-29(31,32)33/h5-6,11-14,16-17H,7-10H2,1-4H3. The van der Waals surface area contributed by atoms with Gasteiger partial charge in [0.1, 0.15) is 23.2 Å². The van der Waals surface area contributed by atoms with E-state index < -0.39 is 17.5 Å². The number of alkyl halides is 3. The first-order valence-electron chi connectivity index (χ1n) is 13.2. The van der Waals surface area contributed by atoms with Gasteiger partial charge in [-0.2, -0.15) is 0 Å². The van der Waals surface area contributed by atoms with Crippen LogP contribution >= 0.6 is 11.6 Å². The van der Waals surface area contributed by atoms with Crippen molar-refractivity contribution < 1.29 is 32.2 Å². The molecule has 0 radical (unpaired) electrons. The normalized spacial score (nSPS) is 21.8. The van der Waals surface area contributed by atoms with Crippen LogP contribution in [0.2, 0.25) is 5.02 Å². The zero-order valence-electron chi connectivity index (χ0n) is 22.9. The van der Waals surface area contributed by atoms with E-state index in [1.165, 1.54) is 12.1 Å². The van der Waals surface area contributed by atoms with Crippen LogP contribution in [-0.4, -0.2) is 53.0 Å². The largest absolute Gasteiger partial charge is 0.573 e. The maximum absolute atomic E-state index is 13.6. The molecular weight excluding hydrogens is 561 g/mol. The zero-order valence-corrected chi connectivity index (χ0v) is 23.6. The van der Waals surface area contributed by atoms with Gasteiger partial charge in [0.15, 0.2) is 5.75 Å². The summed E-state index contributed by atoms with van der Waals surface area (Å²) in [6, 6.07) is 8.00. The minimum absolute atomic E-state index is 0.0592. The van der Waals surface area contributed by atoms with Gasteiger partial charge in [0.2, 0.25) is 0 Å². The van der Waals surface area contributed by atoms with E-state index in [0.29, 0.717) is 59.6 Å². The van der Waals surface area contributed by atoms with Gasteiger partial charge in [0.25, 0.3) is 0 Å². The molecule has 0 saturated carbocycles. The Kier molecular flexibility index (Phi) is 6.77. The highest BCUT2D eigenvalue weighted by molar-refractivity contribution is 6.30. The van der Waals surface area contributed by atoms with Gasteiger partial charge in [-0.25, -0.2) is 4.98 Å². The minimum atomic E-state index is -4.93. The monoisotopic (exact) mass is 588 g/mol. The maximum Gasteiger partial charge on any atom is 0.573 e. The SMILES string of the molecule is COc1cc2c(cc1C1(C)C(C)=NOC1C)ncc1nc(C3CCOCC3)n(-c3ccc(Cl)cc3OC(F)(F)F)c12. The maximum atomic E-state index is 13.6. The molecule has 2 unspecified atom stereocenters. The van der Waals surface area contributed by atoms with E-state index in [2.05, 4.69) is 9.89 Å². The van der Waals surface area contributed by atoms with Crippen LogP contribution < -0.4 is 9.47 Å². The molecule has 2 aliphatic rings. The molecule has 4 heterocycles. The number of benzene rings is 2. The Morgan fingerprint density at radius 1 is 1.10 bits per heavy atom. The Balaban J connectivity index is 1.67. The molecule has 2 aromatic carbocycles. The highest BCUT2D eigenvalue weighted by Crippen LogP contribution is 2.45. The number of rotatable bonds is 5. The Morgan fingerprint density at radius 2 is 1.85 bits per heavy atom. The van der Waals surface area contributed by atoms with Gasteiger partial charge < -0.3 is 19.0 Å². The second kappa shape index (κ2) is 10.1. The Hall–Kier alpha value is -3.57. The molecule has 0 aliphatic carbocycles. The van der Waals surface area contributed by atoms with Crippen molar-refractivity contribution in [3.8, 4) is 17.2 Å². The van der Waals surface area contributed by atoms with E-state index in [1.54, 1.807) is 17.9 Å². The molecule has 12 heteroatoms. The second-order valence-corrected chi connectivity index (χ2v) is 11.0. The van der Waals surface area contributed by atoms with Gasteiger partial charge in [-0.1, -0.05) is 16.8 Å². The molecule has 4 aromatic rings. The summed E-state index contributed by atoms with van der Waals surface area (Å²) < 4.78 is 58.3. The summed E-state index contributed by atoms with van der Waals surface area (Å²) in [7, 11) is 1.58.